The average Bonchev–Trinajstić information content (AvgIpc) is 3.53. The second kappa shape index (κ2) is 7.97. The van der Waals surface area contributed by atoms with Crippen LogP contribution in [0.5, 0.6) is 0 Å². The molecule has 8 nitrogen and oxygen atoms in total. The first-order chi connectivity index (χ1) is 17.1. The van der Waals surface area contributed by atoms with Gasteiger partial charge >= 0.3 is 5.97 Å². The number of carbonyl (C=O) groups is 3. The van der Waals surface area contributed by atoms with Crippen molar-refractivity contribution in [1.29, 1.82) is 0 Å². The number of hydrogen-bond acceptors (Lipinski definition) is 8. The van der Waals surface area contributed by atoms with Crippen LogP contribution in [0.1, 0.15) is 58.5 Å². The number of ether oxygens (including phenoxy) is 3. The minimum absolute atomic E-state index is 0.00718. The molecule has 6 rings (SSSR count). The lowest BCUT2D eigenvalue weighted by atomic mass is 9.46. The van der Waals surface area contributed by atoms with Crippen LogP contribution in [0.4, 0.5) is 0 Å². The quantitative estimate of drug-likeness (QED) is 0.631. The van der Waals surface area contributed by atoms with E-state index in [4.69, 9.17) is 18.6 Å². The van der Waals surface area contributed by atoms with Crippen LogP contribution in [0.25, 0.3) is 0 Å². The molecule has 0 amide bonds. The molecule has 1 N–H and O–H groups in total. The van der Waals surface area contributed by atoms with Gasteiger partial charge in [-0.15, -0.1) is 0 Å². The summed E-state index contributed by atoms with van der Waals surface area (Å²) in [6.07, 6.45) is 7.19. The highest BCUT2D eigenvalue weighted by molar-refractivity contribution is 6.01. The summed E-state index contributed by atoms with van der Waals surface area (Å²) in [5.41, 5.74) is -1.47. The summed E-state index contributed by atoms with van der Waals surface area (Å²) in [5, 5.41) is 11.7. The molecule has 5 aliphatic rings. The van der Waals surface area contributed by atoms with E-state index < -0.39 is 47.5 Å². The van der Waals surface area contributed by atoms with Crippen LogP contribution in [0.15, 0.2) is 46.6 Å². The Morgan fingerprint density at radius 3 is 2.81 bits per heavy atom. The third-order valence-electron chi connectivity index (χ3n) is 9.83. The van der Waals surface area contributed by atoms with Crippen molar-refractivity contribution in [2.24, 2.45) is 28.6 Å². The standard InChI is InChI=1S/C28H32O8/c1-15(29)34-14-22(32)28-23(35-25(36-28)21-5-4-10-33-21)12-19-18-7-6-16-11-17(30)8-9-26(16,2)24(18)20(31)13-27(19,28)3/h4-5,8-11,18-20,23-25,31H,6-7,12-14H2,1-3H3/t18-,19-,20-,23+,24+,25-,26-,27-,28+/m0/s1. The number of allylic oxidation sites excluding steroid dienone is 4. The fourth-order valence-corrected chi connectivity index (χ4v) is 8.40. The van der Waals surface area contributed by atoms with Gasteiger partial charge in [0.15, 0.2) is 23.8 Å². The van der Waals surface area contributed by atoms with E-state index in [0.29, 0.717) is 18.6 Å². The molecular formula is C28H32O8. The van der Waals surface area contributed by atoms with E-state index in [9.17, 15) is 19.5 Å². The molecule has 4 aliphatic carbocycles. The van der Waals surface area contributed by atoms with E-state index in [2.05, 4.69) is 6.92 Å². The summed E-state index contributed by atoms with van der Waals surface area (Å²) < 4.78 is 23.5. The smallest absolute Gasteiger partial charge is 0.303 e. The number of hydrogen-bond donors (Lipinski definition) is 1. The highest BCUT2D eigenvalue weighted by Crippen LogP contribution is 2.70. The largest absolute Gasteiger partial charge is 0.464 e. The van der Waals surface area contributed by atoms with Crippen molar-refractivity contribution in [3.63, 3.8) is 0 Å². The van der Waals surface area contributed by atoms with Crippen molar-refractivity contribution >= 4 is 17.5 Å². The number of aliphatic hydroxyl groups is 1. The molecule has 9 atom stereocenters. The summed E-state index contributed by atoms with van der Waals surface area (Å²) in [6.45, 7) is 4.99. The number of carbonyl (C=O) groups excluding carboxylic acids is 3. The van der Waals surface area contributed by atoms with Crippen LogP contribution in [-0.2, 0) is 28.6 Å². The molecule has 4 fully saturated rings. The first-order valence-electron chi connectivity index (χ1n) is 12.8. The highest BCUT2D eigenvalue weighted by Gasteiger charge is 2.76. The predicted octanol–water partition coefficient (Wildman–Crippen LogP) is 3.45. The Labute approximate surface area is 209 Å². The lowest BCUT2D eigenvalue weighted by Crippen LogP contribution is -2.63. The van der Waals surface area contributed by atoms with Gasteiger partial charge in [0.2, 0.25) is 12.1 Å². The van der Waals surface area contributed by atoms with Gasteiger partial charge in [0, 0.05) is 23.7 Å². The second-order valence-corrected chi connectivity index (χ2v) is 11.5. The Kier molecular flexibility index (Phi) is 5.28. The third kappa shape index (κ3) is 3.07. The lowest BCUT2D eigenvalue weighted by Gasteiger charge is -2.59. The fraction of sp³-hybridized carbons (Fsp3) is 0.607. The Bertz CT molecular complexity index is 1170. The van der Waals surface area contributed by atoms with Crippen molar-refractivity contribution in [1.82, 2.24) is 0 Å². The van der Waals surface area contributed by atoms with Crippen molar-refractivity contribution in [3.05, 3.63) is 48.0 Å². The maximum atomic E-state index is 13.9. The number of fused-ring (bicyclic) bond motifs is 7. The van der Waals surface area contributed by atoms with Crippen LogP contribution >= 0.6 is 0 Å². The molecule has 1 aliphatic heterocycles. The molecule has 36 heavy (non-hydrogen) atoms. The molecule has 192 valence electrons. The van der Waals surface area contributed by atoms with Gasteiger partial charge in [-0.1, -0.05) is 25.5 Å². The summed E-state index contributed by atoms with van der Waals surface area (Å²) in [5.74, 6) is -0.364. The van der Waals surface area contributed by atoms with Crippen LogP contribution in [0, 0.1) is 28.6 Å². The lowest BCUT2D eigenvalue weighted by molar-refractivity contribution is -0.204. The number of furan rings is 1. The first kappa shape index (κ1) is 23.8. The number of aliphatic hydroxyl groups excluding tert-OH is 1. The van der Waals surface area contributed by atoms with Gasteiger partial charge in [-0.25, -0.2) is 0 Å². The SMILES string of the molecule is CC(=O)OCC(=O)[C@@]12O[C@@H](c3ccco3)O[C@@H]1C[C@H]1[C@@H]3CCC4=CC(=O)C=C[C@]4(C)[C@H]3[C@@H](O)C[C@@]12C. The molecule has 2 heterocycles. The van der Waals surface area contributed by atoms with E-state index in [1.165, 1.54) is 13.2 Å². The molecule has 3 saturated carbocycles. The van der Waals surface area contributed by atoms with Gasteiger partial charge in [-0.3, -0.25) is 14.4 Å². The van der Waals surface area contributed by atoms with Crippen LogP contribution in [-0.4, -0.2) is 47.1 Å². The number of esters is 1. The summed E-state index contributed by atoms with van der Waals surface area (Å²) in [6, 6.07) is 3.48. The molecule has 0 bridgehead atoms. The number of rotatable bonds is 4. The van der Waals surface area contributed by atoms with E-state index in [-0.39, 0.29) is 29.3 Å². The monoisotopic (exact) mass is 496 g/mol. The van der Waals surface area contributed by atoms with Gasteiger partial charge in [0.05, 0.1) is 18.5 Å². The summed E-state index contributed by atoms with van der Waals surface area (Å²) >= 11 is 0. The van der Waals surface area contributed by atoms with E-state index in [1.807, 2.05) is 13.0 Å². The Morgan fingerprint density at radius 1 is 1.28 bits per heavy atom. The number of ketones is 2. The zero-order chi connectivity index (χ0) is 25.5. The number of Topliss-reactive ketones (excluding diaryl/α,β-unsaturated/α-hetero) is 1. The van der Waals surface area contributed by atoms with Crippen LogP contribution < -0.4 is 0 Å². The average molecular weight is 497 g/mol. The predicted molar refractivity (Wildman–Crippen MR) is 125 cm³/mol. The van der Waals surface area contributed by atoms with Crippen molar-refractivity contribution in [3.8, 4) is 0 Å². The maximum absolute atomic E-state index is 13.9. The maximum Gasteiger partial charge on any atom is 0.303 e. The van der Waals surface area contributed by atoms with Gasteiger partial charge in [-0.2, -0.15) is 0 Å². The van der Waals surface area contributed by atoms with Gasteiger partial charge in [0.1, 0.15) is 0 Å². The van der Waals surface area contributed by atoms with Crippen molar-refractivity contribution < 1.29 is 38.1 Å². The van der Waals surface area contributed by atoms with E-state index in [1.54, 1.807) is 24.3 Å². The summed E-state index contributed by atoms with van der Waals surface area (Å²) in [4.78, 5) is 37.5. The Morgan fingerprint density at radius 2 is 2.08 bits per heavy atom. The van der Waals surface area contributed by atoms with Crippen LogP contribution in [0.2, 0.25) is 0 Å². The minimum Gasteiger partial charge on any atom is -0.464 e. The van der Waals surface area contributed by atoms with Crippen LogP contribution in [0.3, 0.4) is 0 Å². The summed E-state index contributed by atoms with van der Waals surface area (Å²) in [7, 11) is 0. The molecular weight excluding hydrogens is 464 g/mol. The van der Waals surface area contributed by atoms with E-state index >= 15 is 0 Å². The Hall–Kier alpha value is -2.55. The highest BCUT2D eigenvalue weighted by atomic mass is 16.8. The molecule has 1 aromatic rings. The molecule has 0 aromatic carbocycles. The second-order valence-electron chi connectivity index (χ2n) is 11.5. The third-order valence-corrected chi connectivity index (χ3v) is 9.83. The molecule has 0 radical (unpaired) electrons. The minimum atomic E-state index is -1.38. The Balaban J connectivity index is 1.40. The molecule has 0 unspecified atom stereocenters. The zero-order valence-electron chi connectivity index (χ0n) is 20.8. The van der Waals surface area contributed by atoms with Gasteiger partial charge < -0.3 is 23.7 Å². The van der Waals surface area contributed by atoms with Gasteiger partial charge in [-0.05, 0) is 61.8 Å². The van der Waals surface area contributed by atoms with Crippen molar-refractivity contribution in [2.75, 3.05) is 6.61 Å². The van der Waals surface area contributed by atoms with Gasteiger partial charge in [0.25, 0.3) is 0 Å². The fourth-order valence-electron chi connectivity index (χ4n) is 8.40. The topological polar surface area (TPSA) is 112 Å². The first-order valence-corrected chi connectivity index (χ1v) is 12.8. The zero-order valence-corrected chi connectivity index (χ0v) is 20.8. The molecule has 0 spiro atoms. The van der Waals surface area contributed by atoms with E-state index in [0.717, 1.165) is 18.4 Å². The molecule has 8 heteroatoms. The molecule has 1 aromatic heterocycles. The van der Waals surface area contributed by atoms with Crippen molar-refractivity contribution in [2.45, 2.75) is 70.6 Å². The normalized spacial score (nSPS) is 44.8. The molecule has 1 saturated heterocycles.